The molecule has 2 saturated carbocycles. The van der Waals surface area contributed by atoms with Crippen LogP contribution in [-0.4, -0.2) is 13.1 Å². The van der Waals surface area contributed by atoms with E-state index in [1.165, 1.54) is 57.8 Å². The smallest absolute Gasteiger partial charge is 0.00949 e. The molecule has 0 spiro atoms. The van der Waals surface area contributed by atoms with Crippen LogP contribution >= 0.6 is 0 Å². The maximum Gasteiger partial charge on any atom is 0.00949 e. The van der Waals surface area contributed by atoms with Crippen LogP contribution in [0.5, 0.6) is 0 Å². The second kappa shape index (κ2) is 5.16. The third-order valence-electron chi connectivity index (χ3n) is 4.45. The summed E-state index contributed by atoms with van der Waals surface area (Å²) in [5.41, 5.74) is 0. The van der Waals surface area contributed by atoms with Gasteiger partial charge in [-0.05, 0) is 31.7 Å². The second-order valence-corrected chi connectivity index (χ2v) is 5.24. The van der Waals surface area contributed by atoms with Gasteiger partial charge >= 0.3 is 0 Å². The summed E-state index contributed by atoms with van der Waals surface area (Å²) < 4.78 is 0. The minimum absolute atomic E-state index is 0.834. The van der Waals surface area contributed by atoms with Gasteiger partial charge in [0.05, 0.1) is 0 Å². The van der Waals surface area contributed by atoms with Gasteiger partial charge in [0.2, 0.25) is 0 Å². The SMILES string of the molecule is CNC1CCCCCC1C1CCCC1. The Bertz CT molecular complexity index is 161. The summed E-state index contributed by atoms with van der Waals surface area (Å²) >= 11 is 0. The average Bonchev–Trinajstić information content (AvgIpc) is 2.63. The first-order valence-corrected chi connectivity index (χ1v) is 6.59. The number of rotatable bonds is 2. The van der Waals surface area contributed by atoms with E-state index in [4.69, 9.17) is 0 Å². The highest BCUT2D eigenvalue weighted by molar-refractivity contribution is 4.85. The number of nitrogens with one attached hydrogen (secondary N) is 1. The van der Waals surface area contributed by atoms with E-state index in [1.807, 2.05) is 0 Å². The average molecular weight is 195 g/mol. The van der Waals surface area contributed by atoms with Gasteiger partial charge in [-0.1, -0.05) is 44.9 Å². The van der Waals surface area contributed by atoms with Crippen LogP contribution in [0.4, 0.5) is 0 Å². The number of hydrogen-bond donors (Lipinski definition) is 1. The lowest BCUT2D eigenvalue weighted by Gasteiger charge is -2.30. The fourth-order valence-electron chi connectivity index (χ4n) is 3.64. The Balaban J connectivity index is 1.96. The number of hydrogen-bond acceptors (Lipinski definition) is 1. The summed E-state index contributed by atoms with van der Waals surface area (Å²) in [6, 6.07) is 0.834. The van der Waals surface area contributed by atoms with E-state index >= 15 is 0 Å². The van der Waals surface area contributed by atoms with Crippen LogP contribution in [0.15, 0.2) is 0 Å². The second-order valence-electron chi connectivity index (χ2n) is 5.24. The summed E-state index contributed by atoms with van der Waals surface area (Å²) in [7, 11) is 2.16. The van der Waals surface area contributed by atoms with Crippen LogP contribution in [0.2, 0.25) is 0 Å². The first-order chi connectivity index (χ1) is 6.92. The molecule has 0 aromatic carbocycles. The fraction of sp³-hybridized carbons (Fsp3) is 1.00. The van der Waals surface area contributed by atoms with Crippen LogP contribution < -0.4 is 5.32 Å². The van der Waals surface area contributed by atoms with Crippen molar-refractivity contribution in [3.63, 3.8) is 0 Å². The highest BCUT2D eigenvalue weighted by Crippen LogP contribution is 2.38. The van der Waals surface area contributed by atoms with Crippen LogP contribution in [0.3, 0.4) is 0 Å². The molecule has 2 fully saturated rings. The van der Waals surface area contributed by atoms with E-state index < -0.39 is 0 Å². The van der Waals surface area contributed by atoms with Crippen molar-refractivity contribution in [3.05, 3.63) is 0 Å². The van der Waals surface area contributed by atoms with Gasteiger partial charge in [0, 0.05) is 6.04 Å². The maximum atomic E-state index is 3.57. The normalized spacial score (nSPS) is 35.8. The summed E-state index contributed by atoms with van der Waals surface area (Å²) in [6.07, 6.45) is 13.4. The molecule has 0 heterocycles. The molecule has 1 N–H and O–H groups in total. The molecule has 0 aliphatic heterocycles. The lowest BCUT2D eigenvalue weighted by Crippen LogP contribution is -2.36. The van der Waals surface area contributed by atoms with Crippen LogP contribution in [0.25, 0.3) is 0 Å². The lowest BCUT2D eigenvalue weighted by atomic mass is 9.82. The van der Waals surface area contributed by atoms with E-state index in [0.29, 0.717) is 0 Å². The summed E-state index contributed by atoms with van der Waals surface area (Å²) in [4.78, 5) is 0. The zero-order valence-corrected chi connectivity index (χ0v) is 9.60. The minimum Gasteiger partial charge on any atom is -0.317 e. The molecule has 0 bridgehead atoms. The Morgan fingerprint density at radius 2 is 1.43 bits per heavy atom. The van der Waals surface area contributed by atoms with Crippen molar-refractivity contribution in [1.29, 1.82) is 0 Å². The highest BCUT2D eigenvalue weighted by atomic mass is 14.9. The quantitative estimate of drug-likeness (QED) is 0.666. The molecule has 0 amide bonds. The molecular weight excluding hydrogens is 170 g/mol. The Labute approximate surface area is 88.7 Å². The van der Waals surface area contributed by atoms with E-state index in [9.17, 15) is 0 Å². The minimum atomic E-state index is 0.834. The highest BCUT2D eigenvalue weighted by Gasteiger charge is 2.31. The van der Waals surface area contributed by atoms with Crippen molar-refractivity contribution in [1.82, 2.24) is 5.32 Å². The monoisotopic (exact) mass is 195 g/mol. The van der Waals surface area contributed by atoms with Crippen molar-refractivity contribution >= 4 is 0 Å². The van der Waals surface area contributed by atoms with Crippen LogP contribution in [0, 0.1) is 11.8 Å². The van der Waals surface area contributed by atoms with Gasteiger partial charge in [-0.2, -0.15) is 0 Å². The summed E-state index contributed by atoms with van der Waals surface area (Å²) in [5.74, 6) is 2.07. The molecule has 2 aliphatic carbocycles. The topological polar surface area (TPSA) is 12.0 Å². The van der Waals surface area contributed by atoms with E-state index in [2.05, 4.69) is 12.4 Å². The van der Waals surface area contributed by atoms with E-state index in [-0.39, 0.29) is 0 Å². The molecule has 82 valence electrons. The maximum absolute atomic E-state index is 3.57. The van der Waals surface area contributed by atoms with Gasteiger partial charge in [-0.15, -0.1) is 0 Å². The standard InChI is InChI=1S/C13H25N/c1-14-13-10-4-2-3-9-12(13)11-7-5-6-8-11/h11-14H,2-10H2,1H3. The molecule has 1 heteroatoms. The molecule has 2 rings (SSSR count). The van der Waals surface area contributed by atoms with Crippen molar-refractivity contribution in [3.8, 4) is 0 Å². The summed E-state index contributed by atoms with van der Waals surface area (Å²) in [6.45, 7) is 0. The van der Waals surface area contributed by atoms with Crippen molar-refractivity contribution < 1.29 is 0 Å². The fourth-order valence-corrected chi connectivity index (χ4v) is 3.64. The Kier molecular flexibility index (Phi) is 3.86. The Morgan fingerprint density at radius 3 is 2.14 bits per heavy atom. The van der Waals surface area contributed by atoms with Gasteiger partial charge in [-0.25, -0.2) is 0 Å². The largest absolute Gasteiger partial charge is 0.317 e. The predicted octanol–water partition coefficient (Wildman–Crippen LogP) is 3.34. The summed E-state index contributed by atoms with van der Waals surface area (Å²) in [5, 5.41) is 3.57. The van der Waals surface area contributed by atoms with Crippen molar-refractivity contribution in [2.45, 2.75) is 63.8 Å². The molecule has 2 atom stereocenters. The molecule has 1 nitrogen and oxygen atoms in total. The molecular formula is C13H25N. The van der Waals surface area contributed by atoms with Crippen LogP contribution in [-0.2, 0) is 0 Å². The van der Waals surface area contributed by atoms with E-state index in [1.54, 1.807) is 0 Å². The van der Waals surface area contributed by atoms with Gasteiger partial charge in [0.25, 0.3) is 0 Å². The first-order valence-electron chi connectivity index (χ1n) is 6.59. The lowest BCUT2D eigenvalue weighted by molar-refractivity contribution is 0.245. The van der Waals surface area contributed by atoms with Crippen LogP contribution in [0.1, 0.15) is 57.8 Å². The Hall–Kier alpha value is -0.0400. The first kappa shape index (κ1) is 10.5. The Morgan fingerprint density at radius 1 is 0.786 bits per heavy atom. The van der Waals surface area contributed by atoms with Gasteiger partial charge in [-0.3, -0.25) is 0 Å². The van der Waals surface area contributed by atoms with Gasteiger partial charge < -0.3 is 5.32 Å². The van der Waals surface area contributed by atoms with E-state index in [0.717, 1.165) is 17.9 Å². The molecule has 2 unspecified atom stereocenters. The third-order valence-corrected chi connectivity index (χ3v) is 4.45. The predicted molar refractivity (Wildman–Crippen MR) is 61.4 cm³/mol. The van der Waals surface area contributed by atoms with Gasteiger partial charge in [0.15, 0.2) is 0 Å². The molecule has 14 heavy (non-hydrogen) atoms. The molecule has 0 aromatic heterocycles. The van der Waals surface area contributed by atoms with Gasteiger partial charge in [0.1, 0.15) is 0 Å². The molecule has 2 aliphatic rings. The van der Waals surface area contributed by atoms with Crippen molar-refractivity contribution in [2.75, 3.05) is 7.05 Å². The zero-order chi connectivity index (χ0) is 9.80. The molecule has 0 saturated heterocycles. The third kappa shape index (κ3) is 2.31. The zero-order valence-electron chi connectivity index (χ0n) is 9.60. The van der Waals surface area contributed by atoms with Crippen molar-refractivity contribution in [2.24, 2.45) is 11.8 Å². The molecule has 0 radical (unpaired) electrons. The molecule has 0 aromatic rings.